The standard InChI is InChI=1S/C11H15ClN4/c1-4-16-7-10(11(12)14-16)5-9-6-15(3)13-8(9)2/h6-7H,4-5H2,1-3H3. The van der Waals surface area contributed by atoms with E-state index in [1.807, 2.05) is 42.7 Å². The van der Waals surface area contributed by atoms with Crippen molar-refractivity contribution >= 4 is 11.6 Å². The van der Waals surface area contributed by atoms with Gasteiger partial charge in [0.1, 0.15) is 0 Å². The lowest BCUT2D eigenvalue weighted by Crippen LogP contribution is -1.92. The fraction of sp³-hybridized carbons (Fsp3) is 0.455. The van der Waals surface area contributed by atoms with Crippen LogP contribution in [0.4, 0.5) is 0 Å². The molecule has 0 unspecified atom stereocenters. The van der Waals surface area contributed by atoms with E-state index in [1.54, 1.807) is 0 Å². The third-order valence-corrected chi connectivity index (χ3v) is 2.92. The molecule has 2 aromatic rings. The van der Waals surface area contributed by atoms with Gasteiger partial charge in [-0.15, -0.1) is 0 Å². The van der Waals surface area contributed by atoms with Crippen LogP contribution in [0.5, 0.6) is 0 Å². The molecule has 0 aliphatic heterocycles. The van der Waals surface area contributed by atoms with Crippen LogP contribution < -0.4 is 0 Å². The molecule has 0 saturated carbocycles. The Morgan fingerprint density at radius 2 is 2.00 bits per heavy atom. The Labute approximate surface area is 99.8 Å². The van der Waals surface area contributed by atoms with Crippen LogP contribution in [0.1, 0.15) is 23.7 Å². The topological polar surface area (TPSA) is 35.6 Å². The molecule has 0 N–H and O–H groups in total. The smallest absolute Gasteiger partial charge is 0.154 e. The minimum atomic E-state index is 0.588. The van der Waals surface area contributed by atoms with Gasteiger partial charge in [0.15, 0.2) is 5.15 Å². The van der Waals surface area contributed by atoms with Gasteiger partial charge >= 0.3 is 0 Å². The highest BCUT2D eigenvalue weighted by molar-refractivity contribution is 6.30. The molecule has 0 aliphatic rings. The van der Waals surface area contributed by atoms with Gasteiger partial charge in [0.05, 0.1) is 5.69 Å². The summed E-state index contributed by atoms with van der Waals surface area (Å²) < 4.78 is 3.67. The number of hydrogen-bond acceptors (Lipinski definition) is 2. The number of aryl methyl sites for hydroxylation is 3. The predicted molar refractivity (Wildman–Crippen MR) is 63.7 cm³/mol. The van der Waals surface area contributed by atoms with Crippen LogP contribution in [0.2, 0.25) is 5.15 Å². The molecule has 4 nitrogen and oxygen atoms in total. The first-order chi connectivity index (χ1) is 7.60. The third kappa shape index (κ3) is 2.11. The van der Waals surface area contributed by atoms with Crippen molar-refractivity contribution in [2.45, 2.75) is 26.8 Å². The molecule has 0 spiro atoms. The minimum Gasteiger partial charge on any atom is -0.275 e. The molecule has 16 heavy (non-hydrogen) atoms. The summed E-state index contributed by atoms with van der Waals surface area (Å²) in [6.45, 7) is 4.89. The first-order valence-electron chi connectivity index (χ1n) is 5.31. The van der Waals surface area contributed by atoms with E-state index in [-0.39, 0.29) is 0 Å². The van der Waals surface area contributed by atoms with E-state index in [4.69, 9.17) is 11.6 Å². The predicted octanol–water partition coefficient (Wildman–Crippen LogP) is 2.19. The van der Waals surface area contributed by atoms with Crippen LogP contribution >= 0.6 is 11.6 Å². The maximum atomic E-state index is 6.07. The fourth-order valence-electron chi connectivity index (χ4n) is 1.75. The summed E-state index contributed by atoms with van der Waals surface area (Å²) in [5.74, 6) is 0. The van der Waals surface area contributed by atoms with E-state index in [0.29, 0.717) is 5.15 Å². The van der Waals surface area contributed by atoms with Crippen molar-refractivity contribution in [1.82, 2.24) is 19.6 Å². The lowest BCUT2D eigenvalue weighted by Gasteiger charge is -1.95. The molecule has 2 rings (SSSR count). The first-order valence-corrected chi connectivity index (χ1v) is 5.69. The Kier molecular flexibility index (Phi) is 3.01. The second-order valence-electron chi connectivity index (χ2n) is 3.89. The van der Waals surface area contributed by atoms with E-state index in [0.717, 1.165) is 24.2 Å². The molecule has 2 heterocycles. The fourth-order valence-corrected chi connectivity index (χ4v) is 1.96. The Hall–Kier alpha value is -1.29. The van der Waals surface area contributed by atoms with Gasteiger partial charge in [0.2, 0.25) is 0 Å². The first kappa shape index (κ1) is 11.2. The Bertz CT molecular complexity index is 498. The highest BCUT2D eigenvalue weighted by Gasteiger charge is 2.10. The minimum absolute atomic E-state index is 0.588. The summed E-state index contributed by atoms with van der Waals surface area (Å²) in [5.41, 5.74) is 3.29. The zero-order chi connectivity index (χ0) is 11.7. The van der Waals surface area contributed by atoms with Gasteiger partial charge < -0.3 is 0 Å². The number of hydrogen-bond donors (Lipinski definition) is 0. The molecule has 0 amide bonds. The zero-order valence-corrected chi connectivity index (χ0v) is 10.5. The second kappa shape index (κ2) is 4.29. The van der Waals surface area contributed by atoms with E-state index in [9.17, 15) is 0 Å². The molecule has 0 radical (unpaired) electrons. The molecule has 0 saturated heterocycles. The lowest BCUT2D eigenvalue weighted by atomic mass is 10.1. The second-order valence-corrected chi connectivity index (χ2v) is 4.25. The monoisotopic (exact) mass is 238 g/mol. The van der Waals surface area contributed by atoms with Gasteiger partial charge in [-0.05, 0) is 19.4 Å². The quantitative estimate of drug-likeness (QED) is 0.822. The van der Waals surface area contributed by atoms with Gasteiger partial charge in [-0.2, -0.15) is 10.2 Å². The van der Waals surface area contributed by atoms with Crippen LogP contribution in [-0.4, -0.2) is 19.6 Å². The summed E-state index contributed by atoms with van der Waals surface area (Å²) in [6.07, 6.45) is 4.81. The van der Waals surface area contributed by atoms with Crippen molar-refractivity contribution in [2.75, 3.05) is 0 Å². The van der Waals surface area contributed by atoms with Crippen LogP contribution in [0.25, 0.3) is 0 Å². The summed E-state index contributed by atoms with van der Waals surface area (Å²) in [5, 5.41) is 9.11. The van der Waals surface area contributed by atoms with Crippen molar-refractivity contribution in [3.8, 4) is 0 Å². The van der Waals surface area contributed by atoms with Gasteiger partial charge in [0, 0.05) is 38.0 Å². The van der Waals surface area contributed by atoms with Crippen LogP contribution in [0.3, 0.4) is 0 Å². The molecule has 0 atom stereocenters. The van der Waals surface area contributed by atoms with Crippen LogP contribution in [0.15, 0.2) is 12.4 Å². The third-order valence-electron chi connectivity index (χ3n) is 2.61. The van der Waals surface area contributed by atoms with Gasteiger partial charge in [-0.1, -0.05) is 11.6 Å². The van der Waals surface area contributed by atoms with Crippen LogP contribution in [-0.2, 0) is 20.0 Å². The maximum Gasteiger partial charge on any atom is 0.154 e. The average Bonchev–Trinajstić information content (AvgIpc) is 2.72. The van der Waals surface area contributed by atoms with E-state index in [2.05, 4.69) is 10.2 Å². The SMILES string of the molecule is CCn1cc(Cc2cn(C)nc2C)c(Cl)n1. The number of aromatic nitrogens is 4. The number of halogens is 1. The lowest BCUT2D eigenvalue weighted by molar-refractivity contribution is 0.659. The van der Waals surface area contributed by atoms with Gasteiger partial charge in [0.25, 0.3) is 0 Å². The van der Waals surface area contributed by atoms with E-state index in [1.165, 1.54) is 5.56 Å². The summed E-state index contributed by atoms with van der Waals surface area (Å²) >= 11 is 6.07. The number of rotatable bonds is 3. The Morgan fingerprint density at radius 1 is 1.25 bits per heavy atom. The van der Waals surface area contributed by atoms with Crippen molar-refractivity contribution in [3.63, 3.8) is 0 Å². The van der Waals surface area contributed by atoms with Crippen molar-refractivity contribution < 1.29 is 0 Å². The van der Waals surface area contributed by atoms with Crippen molar-refractivity contribution in [2.24, 2.45) is 7.05 Å². The van der Waals surface area contributed by atoms with E-state index >= 15 is 0 Å². The molecule has 0 bridgehead atoms. The summed E-state index contributed by atoms with van der Waals surface area (Å²) in [7, 11) is 1.92. The van der Waals surface area contributed by atoms with E-state index < -0.39 is 0 Å². The number of nitrogens with zero attached hydrogens (tertiary/aromatic N) is 4. The van der Waals surface area contributed by atoms with Crippen LogP contribution in [0, 0.1) is 6.92 Å². The molecular weight excluding hydrogens is 224 g/mol. The molecular formula is C11H15ClN4. The largest absolute Gasteiger partial charge is 0.275 e. The Morgan fingerprint density at radius 3 is 2.50 bits per heavy atom. The molecule has 5 heteroatoms. The average molecular weight is 239 g/mol. The zero-order valence-electron chi connectivity index (χ0n) is 9.74. The summed E-state index contributed by atoms with van der Waals surface area (Å²) in [6, 6.07) is 0. The Balaban J connectivity index is 2.26. The molecule has 0 aromatic carbocycles. The van der Waals surface area contributed by atoms with Crippen molar-refractivity contribution in [3.05, 3.63) is 34.4 Å². The molecule has 2 aromatic heterocycles. The molecule has 86 valence electrons. The molecule has 0 aliphatic carbocycles. The van der Waals surface area contributed by atoms with Gasteiger partial charge in [-0.3, -0.25) is 9.36 Å². The normalized spacial score (nSPS) is 11.0. The summed E-state index contributed by atoms with van der Waals surface area (Å²) in [4.78, 5) is 0. The highest BCUT2D eigenvalue weighted by atomic mass is 35.5. The van der Waals surface area contributed by atoms with Crippen molar-refractivity contribution in [1.29, 1.82) is 0 Å². The van der Waals surface area contributed by atoms with Gasteiger partial charge in [-0.25, -0.2) is 0 Å². The maximum absolute atomic E-state index is 6.07. The highest BCUT2D eigenvalue weighted by Crippen LogP contribution is 2.19. The molecule has 0 fully saturated rings.